The Morgan fingerprint density at radius 3 is 2.52 bits per heavy atom. The van der Waals surface area contributed by atoms with E-state index in [1.54, 1.807) is 20.8 Å². The number of carbonyl (C=O) groups excluding carboxylic acids is 4. The number of nitrogens with zero attached hydrogens (tertiary/aromatic N) is 1. The van der Waals surface area contributed by atoms with E-state index in [2.05, 4.69) is 10.6 Å². The second-order valence-corrected chi connectivity index (χ2v) is 5.68. The molecule has 1 heterocycles. The molecule has 21 heavy (non-hydrogen) atoms. The molecular formula is C13H21N3O5. The fourth-order valence-electron chi connectivity index (χ4n) is 1.55. The van der Waals surface area contributed by atoms with Gasteiger partial charge in [-0.1, -0.05) is 20.8 Å². The number of hydrogen-bond acceptors (Lipinski definition) is 5. The fourth-order valence-corrected chi connectivity index (χ4v) is 1.55. The average molecular weight is 299 g/mol. The normalized spacial score (nSPS) is 14.9. The molecule has 1 aliphatic heterocycles. The van der Waals surface area contributed by atoms with Gasteiger partial charge in [0, 0.05) is 12.0 Å². The molecule has 0 aromatic heterocycles. The molecule has 8 heteroatoms. The second-order valence-electron chi connectivity index (χ2n) is 5.68. The largest absolute Gasteiger partial charge is 0.464 e. The summed E-state index contributed by atoms with van der Waals surface area (Å²) >= 11 is 0. The lowest BCUT2D eigenvalue weighted by Crippen LogP contribution is -2.36. The van der Waals surface area contributed by atoms with Crippen molar-refractivity contribution >= 4 is 23.8 Å². The first kappa shape index (κ1) is 16.9. The molecule has 8 nitrogen and oxygen atoms in total. The number of rotatable bonds is 6. The zero-order valence-electron chi connectivity index (χ0n) is 12.5. The zero-order valence-corrected chi connectivity index (χ0v) is 12.5. The van der Waals surface area contributed by atoms with Crippen molar-refractivity contribution in [2.75, 3.05) is 26.2 Å². The highest BCUT2D eigenvalue weighted by Gasteiger charge is 2.28. The van der Waals surface area contributed by atoms with Crippen molar-refractivity contribution in [1.82, 2.24) is 15.5 Å². The molecule has 1 saturated heterocycles. The first-order chi connectivity index (χ1) is 9.71. The van der Waals surface area contributed by atoms with Crippen LogP contribution < -0.4 is 10.6 Å². The SMILES string of the molecule is CC(C)(C)C(=O)NCCC(=O)OCCN1C(=O)CNC1=O. The van der Waals surface area contributed by atoms with Gasteiger partial charge in [0.1, 0.15) is 6.61 Å². The summed E-state index contributed by atoms with van der Waals surface area (Å²) in [5.41, 5.74) is -0.507. The molecule has 1 rings (SSSR count). The van der Waals surface area contributed by atoms with Gasteiger partial charge >= 0.3 is 12.0 Å². The van der Waals surface area contributed by atoms with Crippen LogP contribution in [0.15, 0.2) is 0 Å². The lowest BCUT2D eigenvalue weighted by Gasteiger charge is -2.17. The molecule has 1 fully saturated rings. The lowest BCUT2D eigenvalue weighted by molar-refractivity contribution is -0.144. The molecule has 0 radical (unpaired) electrons. The topological polar surface area (TPSA) is 105 Å². The summed E-state index contributed by atoms with van der Waals surface area (Å²) in [6, 6.07) is -0.478. The van der Waals surface area contributed by atoms with Crippen LogP contribution in [0.2, 0.25) is 0 Å². The van der Waals surface area contributed by atoms with E-state index in [-0.39, 0.29) is 44.5 Å². The van der Waals surface area contributed by atoms with Gasteiger partial charge in [-0.15, -0.1) is 0 Å². The van der Waals surface area contributed by atoms with Crippen LogP contribution in [0.3, 0.4) is 0 Å². The maximum absolute atomic E-state index is 11.6. The van der Waals surface area contributed by atoms with Crippen molar-refractivity contribution in [2.45, 2.75) is 27.2 Å². The number of amides is 4. The monoisotopic (exact) mass is 299 g/mol. The van der Waals surface area contributed by atoms with E-state index < -0.39 is 17.4 Å². The van der Waals surface area contributed by atoms with Gasteiger partial charge in [-0.3, -0.25) is 19.3 Å². The molecule has 0 aromatic rings. The van der Waals surface area contributed by atoms with E-state index >= 15 is 0 Å². The Bertz CT molecular complexity index is 426. The summed E-state index contributed by atoms with van der Waals surface area (Å²) in [5, 5.41) is 5.00. The summed E-state index contributed by atoms with van der Waals surface area (Å²) in [6.45, 7) is 5.48. The number of esters is 1. The zero-order chi connectivity index (χ0) is 16.0. The predicted molar refractivity (Wildman–Crippen MR) is 73.2 cm³/mol. The minimum Gasteiger partial charge on any atom is -0.464 e. The maximum atomic E-state index is 11.6. The molecule has 0 aliphatic carbocycles. The molecule has 0 atom stereocenters. The van der Waals surface area contributed by atoms with E-state index in [1.165, 1.54) is 0 Å². The number of hydrogen-bond donors (Lipinski definition) is 2. The standard InChI is InChI=1S/C13H21N3O5/c1-13(2,3)11(19)14-5-4-10(18)21-7-6-16-9(17)8-15-12(16)20/h4-8H2,1-3H3,(H,14,19)(H,15,20). The van der Waals surface area contributed by atoms with Crippen LogP contribution in [-0.2, 0) is 19.1 Å². The summed E-state index contributed by atoms with van der Waals surface area (Å²) in [4.78, 5) is 46.4. The van der Waals surface area contributed by atoms with Crippen LogP contribution in [0.4, 0.5) is 4.79 Å². The van der Waals surface area contributed by atoms with Crippen molar-refractivity contribution in [3.05, 3.63) is 0 Å². The summed E-state index contributed by atoms with van der Waals surface area (Å²) in [5.74, 6) is -0.973. The summed E-state index contributed by atoms with van der Waals surface area (Å²) < 4.78 is 4.90. The van der Waals surface area contributed by atoms with Crippen molar-refractivity contribution in [1.29, 1.82) is 0 Å². The van der Waals surface area contributed by atoms with Crippen molar-refractivity contribution < 1.29 is 23.9 Å². The first-order valence-corrected chi connectivity index (χ1v) is 6.74. The quantitative estimate of drug-likeness (QED) is 0.514. The molecule has 2 N–H and O–H groups in total. The molecule has 0 bridgehead atoms. The molecule has 1 aliphatic rings. The Morgan fingerprint density at radius 1 is 1.33 bits per heavy atom. The second kappa shape index (κ2) is 7.05. The molecular weight excluding hydrogens is 278 g/mol. The van der Waals surface area contributed by atoms with Crippen LogP contribution >= 0.6 is 0 Å². The molecule has 0 spiro atoms. The summed E-state index contributed by atoms with van der Waals surface area (Å²) in [7, 11) is 0. The third kappa shape index (κ3) is 5.41. The van der Waals surface area contributed by atoms with E-state index in [9.17, 15) is 19.2 Å². The van der Waals surface area contributed by atoms with Gasteiger partial charge in [0.2, 0.25) is 11.8 Å². The van der Waals surface area contributed by atoms with Crippen molar-refractivity contribution in [2.24, 2.45) is 5.41 Å². The number of ether oxygens (including phenoxy) is 1. The molecule has 4 amide bonds. The number of imide groups is 1. The van der Waals surface area contributed by atoms with Crippen LogP contribution in [-0.4, -0.2) is 55.0 Å². The van der Waals surface area contributed by atoms with Gasteiger partial charge in [-0.25, -0.2) is 4.79 Å². The van der Waals surface area contributed by atoms with Crippen LogP contribution in [0.25, 0.3) is 0 Å². The smallest absolute Gasteiger partial charge is 0.324 e. The number of nitrogens with one attached hydrogen (secondary N) is 2. The van der Waals surface area contributed by atoms with E-state index in [1.807, 2.05) is 0 Å². The number of carbonyl (C=O) groups is 4. The van der Waals surface area contributed by atoms with Gasteiger partial charge in [-0.05, 0) is 0 Å². The Labute approximate surface area is 123 Å². The fraction of sp³-hybridized carbons (Fsp3) is 0.692. The van der Waals surface area contributed by atoms with Crippen molar-refractivity contribution in [3.63, 3.8) is 0 Å². The lowest BCUT2D eigenvalue weighted by atomic mass is 9.96. The highest BCUT2D eigenvalue weighted by molar-refractivity contribution is 6.01. The summed E-state index contributed by atoms with van der Waals surface area (Å²) in [6.07, 6.45) is 0.0436. The van der Waals surface area contributed by atoms with E-state index in [0.717, 1.165) is 4.90 Å². The molecule has 0 saturated carbocycles. The van der Waals surface area contributed by atoms with E-state index in [4.69, 9.17) is 4.74 Å². The predicted octanol–water partition coefficient (Wildman–Crippen LogP) is -0.366. The average Bonchev–Trinajstić information content (AvgIpc) is 2.69. The van der Waals surface area contributed by atoms with Gasteiger partial charge in [0.15, 0.2) is 0 Å². The maximum Gasteiger partial charge on any atom is 0.324 e. The Hall–Kier alpha value is -2.12. The third-order valence-corrected chi connectivity index (χ3v) is 2.81. The molecule has 118 valence electrons. The third-order valence-electron chi connectivity index (χ3n) is 2.81. The van der Waals surface area contributed by atoms with E-state index in [0.29, 0.717) is 0 Å². The highest BCUT2D eigenvalue weighted by atomic mass is 16.5. The van der Waals surface area contributed by atoms with Crippen molar-refractivity contribution in [3.8, 4) is 0 Å². The Balaban J connectivity index is 2.16. The van der Waals surface area contributed by atoms with Gasteiger partial charge in [0.25, 0.3) is 0 Å². The van der Waals surface area contributed by atoms with Crippen LogP contribution in [0.5, 0.6) is 0 Å². The van der Waals surface area contributed by atoms with Gasteiger partial charge < -0.3 is 15.4 Å². The highest BCUT2D eigenvalue weighted by Crippen LogP contribution is 2.12. The molecule has 0 unspecified atom stereocenters. The molecule has 0 aromatic carbocycles. The first-order valence-electron chi connectivity index (χ1n) is 6.74. The minimum absolute atomic E-state index is 0.0222. The van der Waals surface area contributed by atoms with Crippen LogP contribution in [0, 0.1) is 5.41 Å². The van der Waals surface area contributed by atoms with Gasteiger partial charge in [-0.2, -0.15) is 0 Å². The Kier molecular flexibility index (Phi) is 5.69. The van der Waals surface area contributed by atoms with Gasteiger partial charge in [0.05, 0.1) is 19.5 Å². The van der Waals surface area contributed by atoms with Crippen LogP contribution in [0.1, 0.15) is 27.2 Å². The number of urea groups is 1. The minimum atomic E-state index is -0.507. The Morgan fingerprint density at radius 2 is 2.00 bits per heavy atom.